The van der Waals surface area contributed by atoms with Crippen molar-refractivity contribution in [2.45, 2.75) is 39.5 Å². The molecule has 0 spiro atoms. The normalized spacial score (nSPS) is 16.4. The van der Waals surface area contributed by atoms with Crippen molar-refractivity contribution < 1.29 is 8.42 Å². The second kappa shape index (κ2) is 9.12. The highest BCUT2D eigenvalue weighted by Crippen LogP contribution is 2.21. The van der Waals surface area contributed by atoms with Crippen LogP contribution in [-0.2, 0) is 16.4 Å². The summed E-state index contributed by atoms with van der Waals surface area (Å²) in [6, 6.07) is 8.43. The maximum atomic E-state index is 12.5. The van der Waals surface area contributed by atoms with Crippen LogP contribution in [0.5, 0.6) is 0 Å². The van der Waals surface area contributed by atoms with E-state index in [1.807, 2.05) is 6.92 Å². The molecular weight excluding hydrogens is 380 g/mol. The third-order valence-corrected chi connectivity index (χ3v) is 7.59. The van der Waals surface area contributed by atoms with E-state index in [0.717, 1.165) is 43.2 Å². The summed E-state index contributed by atoms with van der Waals surface area (Å²) in [6.07, 6.45) is 3.16. The van der Waals surface area contributed by atoms with Crippen LogP contribution in [0.25, 0.3) is 0 Å². The zero-order valence-electron chi connectivity index (χ0n) is 16.1. The van der Waals surface area contributed by atoms with Crippen molar-refractivity contribution in [2.75, 3.05) is 36.8 Å². The molecule has 148 valence electrons. The number of nitrogens with zero attached hydrogens (tertiary/aromatic N) is 4. The lowest BCUT2D eigenvalue weighted by Crippen LogP contribution is -2.36. The van der Waals surface area contributed by atoms with Crippen LogP contribution in [0, 0.1) is 6.92 Å². The van der Waals surface area contributed by atoms with Gasteiger partial charge in [-0.2, -0.15) is 4.37 Å². The van der Waals surface area contributed by atoms with Crippen LogP contribution < -0.4 is 4.90 Å². The van der Waals surface area contributed by atoms with E-state index < -0.39 is 10.0 Å². The van der Waals surface area contributed by atoms with Gasteiger partial charge >= 0.3 is 0 Å². The van der Waals surface area contributed by atoms with Crippen molar-refractivity contribution in [2.24, 2.45) is 0 Å². The van der Waals surface area contributed by atoms with Crippen molar-refractivity contribution in [3.8, 4) is 0 Å². The van der Waals surface area contributed by atoms with Crippen molar-refractivity contribution in [1.29, 1.82) is 0 Å². The Morgan fingerprint density at radius 2 is 1.89 bits per heavy atom. The summed E-state index contributed by atoms with van der Waals surface area (Å²) in [4.78, 5) is 6.87. The Labute approximate surface area is 166 Å². The third-order valence-electron chi connectivity index (χ3n) is 4.81. The number of unbranched alkanes of at least 4 members (excludes halogenated alkanes) is 1. The van der Waals surface area contributed by atoms with Gasteiger partial charge < -0.3 is 4.90 Å². The molecule has 0 bridgehead atoms. The molecule has 1 fully saturated rings. The fourth-order valence-electron chi connectivity index (χ4n) is 3.15. The molecule has 2 heterocycles. The van der Waals surface area contributed by atoms with Crippen LogP contribution in [0.1, 0.15) is 43.1 Å². The molecule has 6 nitrogen and oxygen atoms in total. The Balaban J connectivity index is 1.61. The van der Waals surface area contributed by atoms with Crippen molar-refractivity contribution in [3.05, 3.63) is 41.2 Å². The number of hydrogen-bond donors (Lipinski definition) is 0. The number of anilines is 1. The molecule has 1 aliphatic heterocycles. The summed E-state index contributed by atoms with van der Waals surface area (Å²) in [5.74, 6) is 1.08. The number of sulfonamides is 1. The van der Waals surface area contributed by atoms with E-state index >= 15 is 0 Å². The van der Waals surface area contributed by atoms with Gasteiger partial charge in [0.2, 0.25) is 15.2 Å². The topological polar surface area (TPSA) is 66.4 Å². The summed E-state index contributed by atoms with van der Waals surface area (Å²) in [6.45, 7) is 6.71. The average molecular weight is 409 g/mol. The SMILES string of the molecule is CCCCS(=O)(=O)N1CCCN(c2nc(Cc3ccc(C)cc3)ns2)CC1. The second-order valence-corrected chi connectivity index (χ2v) is 9.88. The first kappa shape index (κ1) is 20.2. The van der Waals surface area contributed by atoms with E-state index in [1.54, 1.807) is 4.31 Å². The summed E-state index contributed by atoms with van der Waals surface area (Å²) in [5, 5.41) is 0.893. The molecule has 0 radical (unpaired) electrons. The number of aryl methyl sites for hydroxylation is 1. The van der Waals surface area contributed by atoms with E-state index in [0.29, 0.717) is 19.6 Å². The minimum atomic E-state index is -3.14. The standard InChI is InChI=1S/C19H28N4O2S2/c1-3-4-14-27(24,25)23-11-5-10-22(12-13-23)19-20-18(21-26-19)15-17-8-6-16(2)7-9-17/h6-9H,3-5,10-15H2,1-2H3. The van der Waals surface area contributed by atoms with Gasteiger partial charge in [-0.15, -0.1) is 0 Å². The zero-order valence-corrected chi connectivity index (χ0v) is 17.7. The number of benzene rings is 1. The highest BCUT2D eigenvalue weighted by atomic mass is 32.2. The first-order chi connectivity index (χ1) is 13.0. The second-order valence-electron chi connectivity index (χ2n) is 7.06. The summed E-state index contributed by atoms with van der Waals surface area (Å²) < 4.78 is 31.1. The van der Waals surface area contributed by atoms with Gasteiger partial charge in [-0.25, -0.2) is 17.7 Å². The molecule has 2 aromatic rings. The molecule has 1 saturated heterocycles. The van der Waals surface area contributed by atoms with Gasteiger partial charge in [0.1, 0.15) is 5.82 Å². The van der Waals surface area contributed by atoms with Gasteiger partial charge in [-0.05, 0) is 25.3 Å². The first-order valence-corrected chi connectivity index (χ1v) is 12.0. The molecule has 1 aromatic carbocycles. The molecule has 0 amide bonds. The maximum absolute atomic E-state index is 12.5. The molecule has 3 rings (SSSR count). The average Bonchev–Trinajstić information content (AvgIpc) is 2.96. The number of hydrogen-bond acceptors (Lipinski definition) is 6. The summed E-state index contributed by atoms with van der Waals surface area (Å²) in [5.41, 5.74) is 2.45. The molecule has 0 unspecified atom stereocenters. The van der Waals surface area contributed by atoms with Crippen LogP contribution in [0.15, 0.2) is 24.3 Å². The first-order valence-electron chi connectivity index (χ1n) is 9.59. The number of aromatic nitrogens is 2. The highest BCUT2D eigenvalue weighted by molar-refractivity contribution is 7.89. The van der Waals surface area contributed by atoms with Gasteiger partial charge in [-0.1, -0.05) is 43.2 Å². The lowest BCUT2D eigenvalue weighted by Gasteiger charge is -2.21. The monoisotopic (exact) mass is 408 g/mol. The van der Waals surface area contributed by atoms with Gasteiger partial charge in [0.05, 0.1) is 5.75 Å². The Morgan fingerprint density at radius 1 is 1.11 bits per heavy atom. The van der Waals surface area contributed by atoms with E-state index in [1.165, 1.54) is 22.7 Å². The quantitative estimate of drug-likeness (QED) is 0.704. The highest BCUT2D eigenvalue weighted by Gasteiger charge is 2.25. The number of rotatable bonds is 7. The molecule has 1 aromatic heterocycles. The predicted octanol–water partition coefficient (Wildman–Crippen LogP) is 3.08. The summed E-state index contributed by atoms with van der Waals surface area (Å²) >= 11 is 1.41. The lowest BCUT2D eigenvalue weighted by molar-refractivity contribution is 0.432. The molecule has 0 saturated carbocycles. The Kier molecular flexibility index (Phi) is 6.83. The Morgan fingerprint density at radius 3 is 2.63 bits per heavy atom. The molecule has 0 aliphatic carbocycles. The van der Waals surface area contributed by atoms with Crippen LogP contribution in [-0.4, -0.2) is 54.0 Å². The van der Waals surface area contributed by atoms with Crippen LogP contribution in [0.3, 0.4) is 0 Å². The van der Waals surface area contributed by atoms with Gasteiger partial charge in [0.25, 0.3) is 0 Å². The maximum Gasteiger partial charge on any atom is 0.214 e. The van der Waals surface area contributed by atoms with Crippen LogP contribution >= 0.6 is 11.5 Å². The van der Waals surface area contributed by atoms with Crippen LogP contribution in [0.4, 0.5) is 5.13 Å². The molecule has 0 N–H and O–H groups in total. The fourth-order valence-corrected chi connectivity index (χ4v) is 5.57. The third kappa shape index (κ3) is 5.49. The van der Waals surface area contributed by atoms with Crippen molar-refractivity contribution >= 4 is 26.7 Å². The summed E-state index contributed by atoms with van der Waals surface area (Å²) in [7, 11) is -3.14. The lowest BCUT2D eigenvalue weighted by atomic mass is 10.1. The Bertz CT molecular complexity index is 834. The molecule has 1 aliphatic rings. The largest absolute Gasteiger partial charge is 0.345 e. The molecule has 0 atom stereocenters. The smallest absolute Gasteiger partial charge is 0.214 e. The van der Waals surface area contributed by atoms with Crippen molar-refractivity contribution in [3.63, 3.8) is 0 Å². The van der Waals surface area contributed by atoms with Gasteiger partial charge in [-0.3, -0.25) is 0 Å². The minimum absolute atomic E-state index is 0.253. The zero-order chi connectivity index (χ0) is 19.3. The van der Waals surface area contributed by atoms with Gasteiger partial charge in [0, 0.05) is 44.1 Å². The molecule has 27 heavy (non-hydrogen) atoms. The van der Waals surface area contributed by atoms with Crippen molar-refractivity contribution in [1.82, 2.24) is 13.7 Å². The van der Waals surface area contributed by atoms with E-state index in [4.69, 9.17) is 4.98 Å². The van der Waals surface area contributed by atoms with Crippen LogP contribution in [0.2, 0.25) is 0 Å². The predicted molar refractivity (Wildman–Crippen MR) is 111 cm³/mol. The van der Waals surface area contributed by atoms with Gasteiger partial charge in [0.15, 0.2) is 0 Å². The molecule has 8 heteroatoms. The minimum Gasteiger partial charge on any atom is -0.345 e. The Hall–Kier alpha value is -1.51. The van der Waals surface area contributed by atoms with E-state index in [-0.39, 0.29) is 5.75 Å². The van der Waals surface area contributed by atoms with E-state index in [2.05, 4.69) is 40.5 Å². The molecular formula is C19H28N4O2S2. The fraction of sp³-hybridized carbons (Fsp3) is 0.579. The van der Waals surface area contributed by atoms with E-state index in [9.17, 15) is 8.42 Å².